The fraction of sp³-hybridized carbons (Fsp3) is 0.318. The number of hydrogen-bond acceptors (Lipinski definition) is 5. The molecule has 2 aliphatic rings. The van der Waals surface area contributed by atoms with E-state index in [2.05, 4.69) is 35.0 Å². The molecule has 0 saturated carbocycles. The van der Waals surface area contributed by atoms with Crippen molar-refractivity contribution in [3.05, 3.63) is 70.3 Å². The second kappa shape index (κ2) is 6.48. The fourth-order valence-corrected chi connectivity index (χ4v) is 4.68. The molecular formula is C22H23N5O. The zero-order chi connectivity index (χ0) is 19.3. The first-order valence-electron chi connectivity index (χ1n) is 9.73. The normalized spacial score (nSPS) is 20.7. The highest BCUT2D eigenvalue weighted by molar-refractivity contribution is 5.68. The van der Waals surface area contributed by atoms with Gasteiger partial charge in [0.25, 0.3) is 5.56 Å². The third kappa shape index (κ3) is 2.76. The zero-order valence-electron chi connectivity index (χ0n) is 15.9. The highest BCUT2D eigenvalue weighted by Gasteiger charge is 2.35. The first kappa shape index (κ1) is 17.0. The Hall–Kier alpha value is -3.15. The van der Waals surface area contributed by atoms with Crippen LogP contribution in [-0.2, 0) is 6.54 Å². The largest absolute Gasteiger partial charge is 0.381 e. The molecule has 1 aromatic carbocycles. The number of piperidine rings is 1. The van der Waals surface area contributed by atoms with Crippen molar-refractivity contribution in [1.29, 1.82) is 0 Å². The Morgan fingerprint density at radius 2 is 1.93 bits per heavy atom. The van der Waals surface area contributed by atoms with E-state index in [0.717, 1.165) is 54.4 Å². The summed E-state index contributed by atoms with van der Waals surface area (Å²) in [5, 5.41) is 0. The lowest BCUT2D eigenvalue weighted by molar-refractivity contribution is 0.280. The molecule has 1 saturated heterocycles. The first-order valence-corrected chi connectivity index (χ1v) is 9.73. The predicted molar refractivity (Wildman–Crippen MR) is 110 cm³/mol. The van der Waals surface area contributed by atoms with Gasteiger partial charge in [-0.1, -0.05) is 30.3 Å². The van der Waals surface area contributed by atoms with Gasteiger partial charge in [0.05, 0.1) is 11.9 Å². The van der Waals surface area contributed by atoms with E-state index in [4.69, 9.17) is 10.7 Å². The molecule has 4 heterocycles. The van der Waals surface area contributed by atoms with Gasteiger partial charge < -0.3 is 15.2 Å². The third-order valence-electron chi connectivity index (χ3n) is 5.98. The summed E-state index contributed by atoms with van der Waals surface area (Å²) in [6, 6.07) is 13.8. The topological polar surface area (TPSA) is 77.0 Å². The summed E-state index contributed by atoms with van der Waals surface area (Å²) in [5.74, 6) is 1.93. The van der Waals surface area contributed by atoms with Crippen molar-refractivity contribution in [2.45, 2.75) is 25.8 Å². The molecule has 2 aromatic heterocycles. The van der Waals surface area contributed by atoms with Gasteiger partial charge in [-0.2, -0.15) is 0 Å². The lowest BCUT2D eigenvalue weighted by Gasteiger charge is -2.43. The Morgan fingerprint density at radius 1 is 1.07 bits per heavy atom. The van der Waals surface area contributed by atoms with Gasteiger partial charge in [0.15, 0.2) is 11.6 Å². The van der Waals surface area contributed by atoms with E-state index >= 15 is 0 Å². The van der Waals surface area contributed by atoms with Gasteiger partial charge in [0.2, 0.25) is 0 Å². The predicted octanol–water partition coefficient (Wildman–Crippen LogP) is 2.82. The van der Waals surface area contributed by atoms with Crippen LogP contribution in [0.1, 0.15) is 23.6 Å². The average Bonchev–Trinajstić information content (AvgIpc) is 2.70. The summed E-state index contributed by atoms with van der Waals surface area (Å²) in [6.45, 7) is 4.48. The summed E-state index contributed by atoms with van der Waals surface area (Å²) in [4.78, 5) is 23.8. The van der Waals surface area contributed by atoms with Crippen LogP contribution in [0.3, 0.4) is 0 Å². The monoisotopic (exact) mass is 373 g/mol. The second-order valence-corrected chi connectivity index (χ2v) is 7.88. The highest BCUT2D eigenvalue weighted by Crippen LogP contribution is 2.38. The number of pyridine rings is 1. The molecule has 28 heavy (non-hydrogen) atoms. The minimum absolute atomic E-state index is 0.0986. The minimum atomic E-state index is 0.0986. The number of rotatable bonds is 2. The summed E-state index contributed by atoms with van der Waals surface area (Å²) in [5.41, 5.74) is 10.5. The maximum absolute atomic E-state index is 12.2. The van der Waals surface area contributed by atoms with Gasteiger partial charge in [-0.3, -0.25) is 4.79 Å². The van der Waals surface area contributed by atoms with E-state index in [1.165, 1.54) is 0 Å². The molecule has 2 N–H and O–H groups in total. The number of fused-ring (bicyclic) bond motifs is 4. The molecule has 6 nitrogen and oxygen atoms in total. The molecule has 1 fully saturated rings. The van der Waals surface area contributed by atoms with Gasteiger partial charge in [-0.25, -0.2) is 9.97 Å². The molecule has 0 aliphatic carbocycles. The van der Waals surface area contributed by atoms with E-state index in [9.17, 15) is 4.79 Å². The van der Waals surface area contributed by atoms with Crippen LogP contribution in [-0.4, -0.2) is 27.6 Å². The Labute approximate surface area is 163 Å². The lowest BCUT2D eigenvalue weighted by atomic mass is 9.83. The summed E-state index contributed by atoms with van der Waals surface area (Å²) in [7, 11) is 0. The van der Waals surface area contributed by atoms with Gasteiger partial charge in [-0.05, 0) is 30.9 Å². The molecule has 6 heteroatoms. The number of anilines is 2. The molecule has 5 rings (SSSR count). The number of aromatic nitrogens is 3. The van der Waals surface area contributed by atoms with E-state index in [-0.39, 0.29) is 5.56 Å². The van der Waals surface area contributed by atoms with Crippen LogP contribution in [0, 0.1) is 12.8 Å². The molecule has 2 aliphatic heterocycles. The number of nitrogen functional groups attached to an aromatic ring is 1. The first-order chi connectivity index (χ1) is 13.6. The van der Waals surface area contributed by atoms with Gasteiger partial charge >= 0.3 is 0 Å². The average molecular weight is 373 g/mol. The molecule has 2 bridgehead atoms. The van der Waals surface area contributed by atoms with Crippen molar-refractivity contribution in [3.63, 3.8) is 0 Å². The van der Waals surface area contributed by atoms with Crippen LogP contribution < -0.4 is 16.2 Å². The van der Waals surface area contributed by atoms with Crippen molar-refractivity contribution < 1.29 is 0 Å². The summed E-state index contributed by atoms with van der Waals surface area (Å²) in [6.07, 6.45) is 2.85. The number of benzene rings is 1. The van der Waals surface area contributed by atoms with Crippen LogP contribution in [0.25, 0.3) is 11.3 Å². The Kier molecular flexibility index (Phi) is 3.93. The van der Waals surface area contributed by atoms with E-state index in [1.54, 1.807) is 12.3 Å². The quantitative estimate of drug-likeness (QED) is 0.747. The highest BCUT2D eigenvalue weighted by atomic mass is 16.1. The smallest absolute Gasteiger partial charge is 0.250 e. The summed E-state index contributed by atoms with van der Waals surface area (Å²) < 4.78 is 1.94. The van der Waals surface area contributed by atoms with Crippen molar-refractivity contribution in [2.75, 3.05) is 23.7 Å². The zero-order valence-corrected chi connectivity index (χ0v) is 15.9. The molecule has 2 atom stereocenters. The van der Waals surface area contributed by atoms with Crippen molar-refractivity contribution in [1.82, 2.24) is 14.5 Å². The molecule has 0 amide bonds. The molecule has 0 spiro atoms. The van der Waals surface area contributed by atoms with Crippen molar-refractivity contribution >= 4 is 11.6 Å². The number of nitrogens with two attached hydrogens (primary N) is 1. The van der Waals surface area contributed by atoms with E-state index in [1.807, 2.05) is 22.8 Å². The van der Waals surface area contributed by atoms with Crippen LogP contribution in [0.5, 0.6) is 0 Å². The number of nitrogens with zero attached hydrogens (tertiary/aromatic N) is 4. The van der Waals surface area contributed by atoms with Crippen LogP contribution in [0.15, 0.2) is 53.5 Å². The molecular weight excluding hydrogens is 350 g/mol. The van der Waals surface area contributed by atoms with Gasteiger partial charge in [-0.15, -0.1) is 0 Å². The lowest BCUT2D eigenvalue weighted by Crippen LogP contribution is -2.47. The third-order valence-corrected chi connectivity index (χ3v) is 5.98. The molecule has 0 unspecified atom stereocenters. The van der Waals surface area contributed by atoms with Crippen LogP contribution in [0.4, 0.5) is 11.6 Å². The molecule has 142 valence electrons. The van der Waals surface area contributed by atoms with E-state index < -0.39 is 0 Å². The Bertz CT molecular complexity index is 1110. The molecule has 3 aromatic rings. The van der Waals surface area contributed by atoms with Gasteiger partial charge in [0, 0.05) is 42.9 Å². The maximum atomic E-state index is 12.2. The van der Waals surface area contributed by atoms with E-state index in [0.29, 0.717) is 17.7 Å². The van der Waals surface area contributed by atoms with Crippen LogP contribution >= 0.6 is 0 Å². The minimum Gasteiger partial charge on any atom is -0.381 e. The maximum Gasteiger partial charge on any atom is 0.250 e. The van der Waals surface area contributed by atoms with Gasteiger partial charge in [0.1, 0.15) is 0 Å². The SMILES string of the molecule is Cc1ccccc1-c1cnc(N)c(N2C[C@H]3C[C@@H](C2)c2cccc(=O)n2C3)n1. The fourth-order valence-electron chi connectivity index (χ4n) is 4.68. The molecule has 0 radical (unpaired) electrons. The van der Waals surface area contributed by atoms with Crippen LogP contribution in [0.2, 0.25) is 0 Å². The Morgan fingerprint density at radius 3 is 2.79 bits per heavy atom. The number of hydrogen-bond donors (Lipinski definition) is 1. The van der Waals surface area contributed by atoms with Crippen molar-refractivity contribution in [3.8, 4) is 11.3 Å². The number of aryl methyl sites for hydroxylation is 1. The van der Waals surface area contributed by atoms with Crippen molar-refractivity contribution in [2.24, 2.45) is 5.92 Å². The summed E-state index contributed by atoms with van der Waals surface area (Å²) >= 11 is 0. The second-order valence-electron chi connectivity index (χ2n) is 7.88. The standard InChI is InChI=1S/C22H23N5O/c1-14-5-2-3-6-17(14)18-10-24-21(23)22(25-18)26-11-15-9-16(13-26)19-7-4-8-20(28)27(19)12-15/h2-8,10,15-16H,9,11-13H2,1H3,(H2,23,24)/t15-,16+/m1/s1. The Balaban J connectivity index is 1.52.